The molecule has 0 amide bonds. The minimum absolute atomic E-state index is 0.358. The summed E-state index contributed by atoms with van der Waals surface area (Å²) in [6, 6.07) is 12.1. The van der Waals surface area contributed by atoms with Gasteiger partial charge in [-0.25, -0.2) is 0 Å². The van der Waals surface area contributed by atoms with Crippen molar-refractivity contribution in [2.45, 2.75) is 31.8 Å². The van der Waals surface area contributed by atoms with E-state index >= 15 is 0 Å². The summed E-state index contributed by atoms with van der Waals surface area (Å²) >= 11 is 0. The lowest BCUT2D eigenvalue weighted by atomic mass is 9.96. The monoisotopic (exact) mass is 361 g/mol. The van der Waals surface area contributed by atoms with Gasteiger partial charge in [0.15, 0.2) is 5.82 Å². The molecule has 1 atom stereocenters. The van der Waals surface area contributed by atoms with Crippen molar-refractivity contribution in [2.24, 2.45) is 7.05 Å². The Labute approximate surface area is 158 Å². The van der Waals surface area contributed by atoms with Gasteiger partial charge in [-0.05, 0) is 37.1 Å². The molecule has 27 heavy (non-hydrogen) atoms. The van der Waals surface area contributed by atoms with Crippen molar-refractivity contribution in [1.82, 2.24) is 29.4 Å². The van der Waals surface area contributed by atoms with Gasteiger partial charge in [-0.2, -0.15) is 10.4 Å². The second-order valence-electron chi connectivity index (χ2n) is 7.08. The molecule has 2 aromatic heterocycles. The first-order valence-electron chi connectivity index (χ1n) is 9.30. The molecule has 1 aliphatic heterocycles. The van der Waals surface area contributed by atoms with Crippen molar-refractivity contribution in [1.29, 1.82) is 5.26 Å². The van der Waals surface area contributed by atoms with Crippen LogP contribution in [0.2, 0.25) is 0 Å². The average molecular weight is 361 g/mol. The van der Waals surface area contributed by atoms with E-state index in [1.807, 2.05) is 48.3 Å². The zero-order valence-electron chi connectivity index (χ0n) is 15.5. The van der Waals surface area contributed by atoms with Crippen molar-refractivity contribution < 1.29 is 0 Å². The normalized spacial score (nSPS) is 17.7. The van der Waals surface area contributed by atoms with E-state index in [1.54, 1.807) is 6.20 Å². The van der Waals surface area contributed by atoms with Crippen LogP contribution in [0, 0.1) is 11.3 Å². The maximum atomic E-state index is 9.33. The summed E-state index contributed by atoms with van der Waals surface area (Å²) < 4.78 is 3.97. The van der Waals surface area contributed by atoms with Gasteiger partial charge in [0.05, 0.1) is 11.6 Å². The van der Waals surface area contributed by atoms with Crippen LogP contribution in [0.1, 0.15) is 41.5 Å². The van der Waals surface area contributed by atoms with Crippen LogP contribution >= 0.6 is 0 Å². The number of nitriles is 1. The van der Waals surface area contributed by atoms with Crippen LogP contribution in [-0.4, -0.2) is 42.5 Å². The molecule has 0 radical (unpaired) electrons. The number of hydrogen-bond donors (Lipinski definition) is 0. The van der Waals surface area contributed by atoms with Crippen LogP contribution in [0.5, 0.6) is 0 Å². The molecule has 0 aliphatic carbocycles. The van der Waals surface area contributed by atoms with Gasteiger partial charge < -0.3 is 4.57 Å². The first-order chi connectivity index (χ1) is 13.2. The van der Waals surface area contributed by atoms with Crippen LogP contribution in [0.4, 0.5) is 0 Å². The van der Waals surface area contributed by atoms with Gasteiger partial charge in [-0.15, -0.1) is 10.2 Å². The molecule has 3 aromatic rings. The molecule has 1 aromatic carbocycles. The number of piperidine rings is 1. The van der Waals surface area contributed by atoms with Crippen LogP contribution in [0.15, 0.2) is 42.7 Å². The molecule has 3 heterocycles. The number of hydrogen-bond acceptors (Lipinski definition) is 5. The Morgan fingerprint density at radius 2 is 2.07 bits per heavy atom. The summed E-state index contributed by atoms with van der Waals surface area (Å²) in [6.45, 7) is 3.42. The molecule has 0 N–H and O–H groups in total. The Morgan fingerprint density at radius 3 is 2.89 bits per heavy atom. The SMILES string of the molecule is Cn1c(Cn2cccn2)nnc1[C@H]1CCCN(Cc2ccccc2C#N)C1. The molecule has 0 saturated carbocycles. The molecule has 1 fully saturated rings. The summed E-state index contributed by atoms with van der Waals surface area (Å²) in [5.74, 6) is 2.31. The van der Waals surface area contributed by atoms with E-state index in [0.29, 0.717) is 12.5 Å². The quantitative estimate of drug-likeness (QED) is 0.697. The minimum Gasteiger partial charge on any atom is -0.316 e. The molecule has 0 unspecified atom stereocenters. The molecular formula is C20H23N7. The number of likely N-dealkylation sites (tertiary alicyclic amines) is 1. The molecular weight excluding hydrogens is 338 g/mol. The van der Waals surface area contributed by atoms with E-state index in [4.69, 9.17) is 0 Å². The van der Waals surface area contributed by atoms with Crippen molar-refractivity contribution >= 4 is 0 Å². The number of nitrogens with zero attached hydrogens (tertiary/aromatic N) is 7. The van der Waals surface area contributed by atoms with E-state index in [-0.39, 0.29) is 0 Å². The Bertz CT molecular complexity index is 936. The van der Waals surface area contributed by atoms with Crippen molar-refractivity contribution in [2.75, 3.05) is 13.1 Å². The van der Waals surface area contributed by atoms with Gasteiger partial charge in [0, 0.05) is 38.4 Å². The third kappa shape index (κ3) is 3.76. The Balaban J connectivity index is 1.47. The number of rotatable bonds is 5. The molecule has 138 valence electrons. The standard InChI is InChI=1S/C20H23N7/c1-25-19(15-27-11-5-9-22-27)23-24-20(25)18-8-4-10-26(14-18)13-17-7-3-2-6-16(17)12-21/h2-3,5-7,9,11,18H,4,8,10,13-15H2,1H3/t18-/m0/s1. The summed E-state index contributed by atoms with van der Waals surface area (Å²) in [5, 5.41) is 22.5. The first-order valence-corrected chi connectivity index (χ1v) is 9.30. The molecule has 7 heteroatoms. The lowest BCUT2D eigenvalue weighted by Crippen LogP contribution is -2.35. The first kappa shape index (κ1) is 17.4. The Morgan fingerprint density at radius 1 is 1.19 bits per heavy atom. The smallest absolute Gasteiger partial charge is 0.154 e. The average Bonchev–Trinajstić information content (AvgIpc) is 3.33. The predicted molar refractivity (Wildman–Crippen MR) is 101 cm³/mol. The summed E-state index contributed by atoms with van der Waals surface area (Å²) in [5.41, 5.74) is 1.86. The Hall–Kier alpha value is -2.98. The van der Waals surface area contributed by atoms with E-state index in [9.17, 15) is 5.26 Å². The van der Waals surface area contributed by atoms with Crippen molar-refractivity contribution in [3.05, 3.63) is 65.5 Å². The third-order valence-corrected chi connectivity index (χ3v) is 5.26. The third-order valence-electron chi connectivity index (χ3n) is 5.26. The number of benzene rings is 1. The van der Waals surface area contributed by atoms with E-state index in [0.717, 1.165) is 55.3 Å². The van der Waals surface area contributed by atoms with E-state index < -0.39 is 0 Å². The largest absolute Gasteiger partial charge is 0.316 e. The molecule has 1 aliphatic rings. The highest BCUT2D eigenvalue weighted by atomic mass is 15.3. The summed E-state index contributed by atoms with van der Waals surface area (Å²) in [4.78, 5) is 2.42. The van der Waals surface area contributed by atoms with Gasteiger partial charge in [0.25, 0.3) is 0 Å². The highest BCUT2D eigenvalue weighted by Crippen LogP contribution is 2.27. The topological polar surface area (TPSA) is 75.6 Å². The summed E-state index contributed by atoms with van der Waals surface area (Å²) in [6.07, 6.45) is 5.95. The fourth-order valence-corrected chi connectivity index (χ4v) is 3.83. The van der Waals surface area contributed by atoms with Gasteiger partial charge >= 0.3 is 0 Å². The van der Waals surface area contributed by atoms with Crippen LogP contribution in [0.3, 0.4) is 0 Å². The van der Waals surface area contributed by atoms with Gasteiger partial charge in [-0.3, -0.25) is 9.58 Å². The Kier molecular flexibility index (Phi) is 4.99. The zero-order chi connectivity index (χ0) is 18.6. The van der Waals surface area contributed by atoms with E-state index in [1.165, 1.54) is 0 Å². The summed E-state index contributed by atoms with van der Waals surface area (Å²) in [7, 11) is 2.04. The zero-order valence-corrected chi connectivity index (χ0v) is 15.5. The fraction of sp³-hybridized carbons (Fsp3) is 0.400. The van der Waals surface area contributed by atoms with Crippen LogP contribution < -0.4 is 0 Å². The number of aromatic nitrogens is 5. The van der Waals surface area contributed by atoms with Crippen molar-refractivity contribution in [3.8, 4) is 6.07 Å². The minimum atomic E-state index is 0.358. The fourth-order valence-electron chi connectivity index (χ4n) is 3.83. The predicted octanol–water partition coefficient (Wildman–Crippen LogP) is 2.31. The lowest BCUT2D eigenvalue weighted by Gasteiger charge is -2.32. The van der Waals surface area contributed by atoms with Gasteiger partial charge in [0.1, 0.15) is 12.4 Å². The van der Waals surface area contributed by atoms with E-state index in [2.05, 4.69) is 30.8 Å². The van der Waals surface area contributed by atoms with Crippen LogP contribution in [-0.2, 0) is 20.1 Å². The molecule has 4 rings (SSSR count). The van der Waals surface area contributed by atoms with Gasteiger partial charge in [-0.1, -0.05) is 18.2 Å². The maximum absolute atomic E-state index is 9.33. The molecule has 0 bridgehead atoms. The van der Waals surface area contributed by atoms with Crippen LogP contribution in [0.25, 0.3) is 0 Å². The molecule has 1 saturated heterocycles. The molecule has 0 spiro atoms. The van der Waals surface area contributed by atoms with Crippen molar-refractivity contribution in [3.63, 3.8) is 0 Å². The second kappa shape index (κ2) is 7.72. The highest BCUT2D eigenvalue weighted by Gasteiger charge is 2.26. The lowest BCUT2D eigenvalue weighted by molar-refractivity contribution is 0.195. The molecule has 7 nitrogen and oxygen atoms in total. The maximum Gasteiger partial charge on any atom is 0.154 e. The second-order valence-corrected chi connectivity index (χ2v) is 7.08. The van der Waals surface area contributed by atoms with Gasteiger partial charge in [0.2, 0.25) is 0 Å². The highest BCUT2D eigenvalue weighted by molar-refractivity contribution is 5.37.